The Morgan fingerprint density at radius 2 is 0.593 bits per heavy atom. The van der Waals surface area contributed by atoms with E-state index in [1.807, 2.05) is 26.0 Å². The van der Waals surface area contributed by atoms with Crippen LogP contribution in [0, 0.1) is 11.8 Å². The van der Waals surface area contributed by atoms with Gasteiger partial charge in [-0.25, -0.2) is 0 Å². The van der Waals surface area contributed by atoms with Crippen molar-refractivity contribution in [2.75, 3.05) is 245 Å². The molecule has 38 atom stereocenters. The van der Waals surface area contributed by atoms with Gasteiger partial charge in [-0.05, 0) is 25.0 Å². The summed E-state index contributed by atoms with van der Waals surface area (Å²) in [6.07, 6.45) is -22.9. The van der Waals surface area contributed by atoms with Crippen molar-refractivity contribution in [3.63, 3.8) is 0 Å². The van der Waals surface area contributed by atoms with Crippen molar-refractivity contribution >= 4 is 46.9 Å². The molecule has 6 N–H and O–H groups in total. The van der Waals surface area contributed by atoms with Crippen molar-refractivity contribution < 1.29 is 186 Å². The number of carbonyl (C=O) groups is 4. The van der Waals surface area contributed by atoms with Crippen molar-refractivity contribution in [1.29, 1.82) is 0 Å². The first-order valence-corrected chi connectivity index (χ1v) is 48.2. The molecule has 135 heavy (non-hydrogen) atoms. The number of hydrogen-bond acceptors (Lipinski definition) is 43. The number of thioether (sulfide) groups is 2. The number of aliphatic hydroxyl groups excluding tert-OH is 2. The molecule has 8 aliphatic rings. The normalized spacial score (nSPS) is 38.1. The van der Waals surface area contributed by atoms with E-state index in [0.29, 0.717) is 36.2 Å². The number of rotatable bonds is 62. The predicted molar refractivity (Wildman–Crippen MR) is 485 cm³/mol. The molecule has 45 heteroatoms. The molecule has 6 heterocycles. The zero-order chi connectivity index (χ0) is 98.5. The average molecular weight is 1980 g/mol. The van der Waals surface area contributed by atoms with E-state index < -0.39 is 232 Å². The number of methoxy groups -OCH3 is 22. The Morgan fingerprint density at radius 1 is 0.311 bits per heavy atom. The van der Waals surface area contributed by atoms with Gasteiger partial charge < -0.3 is 188 Å². The molecule has 2 aliphatic carbocycles. The van der Waals surface area contributed by atoms with Gasteiger partial charge in [0.05, 0.1) is 115 Å². The van der Waals surface area contributed by atoms with Crippen LogP contribution in [-0.2, 0) is 175 Å². The highest BCUT2D eigenvalue weighted by Crippen LogP contribution is 2.42. The van der Waals surface area contributed by atoms with Gasteiger partial charge in [0.1, 0.15) is 146 Å². The largest absolute Gasteiger partial charge is 0.396 e. The van der Waals surface area contributed by atoms with E-state index in [1.54, 1.807) is 94.6 Å². The Bertz CT molecular complexity index is 3210. The van der Waals surface area contributed by atoms with E-state index in [0.717, 1.165) is 11.1 Å². The van der Waals surface area contributed by atoms with Gasteiger partial charge in [-0.3, -0.25) is 19.2 Å². The van der Waals surface area contributed by atoms with Crippen molar-refractivity contribution in [1.82, 2.24) is 21.3 Å². The summed E-state index contributed by atoms with van der Waals surface area (Å²) in [7, 11) is 33.8. The van der Waals surface area contributed by atoms with E-state index in [1.165, 1.54) is 85.3 Å². The molecule has 8 rings (SSSR count). The van der Waals surface area contributed by atoms with E-state index in [9.17, 15) is 29.4 Å². The molecule has 6 fully saturated rings. The first-order chi connectivity index (χ1) is 65.4. The van der Waals surface area contributed by atoms with E-state index >= 15 is 0 Å². The summed E-state index contributed by atoms with van der Waals surface area (Å²) in [6.45, 7) is 4.89. The van der Waals surface area contributed by atoms with Crippen LogP contribution in [0.1, 0.15) is 52.4 Å². The van der Waals surface area contributed by atoms with E-state index in [-0.39, 0.29) is 115 Å². The summed E-state index contributed by atoms with van der Waals surface area (Å²) in [5.74, 6) is 0.545. The lowest BCUT2D eigenvalue weighted by molar-refractivity contribution is -0.375. The Kier molecular flexibility index (Phi) is 53.2. The molecule has 0 aromatic rings. The zero-order valence-corrected chi connectivity index (χ0v) is 84.7. The molecule has 0 aromatic heterocycles. The average Bonchev–Trinajstić information content (AvgIpc) is 0.776. The molecule has 6 saturated heterocycles. The van der Waals surface area contributed by atoms with Crippen molar-refractivity contribution in [2.24, 2.45) is 11.8 Å². The second-order valence-electron chi connectivity index (χ2n) is 34.0. The van der Waals surface area contributed by atoms with Crippen LogP contribution in [0.15, 0.2) is 23.3 Å². The number of aliphatic hydroxyl groups is 2. The smallest absolute Gasteiger partial charge is 0.222 e. The van der Waals surface area contributed by atoms with Gasteiger partial charge in [0.15, 0.2) is 37.6 Å². The highest BCUT2D eigenvalue weighted by molar-refractivity contribution is 7.99. The van der Waals surface area contributed by atoms with Gasteiger partial charge >= 0.3 is 0 Å². The summed E-state index contributed by atoms with van der Waals surface area (Å²) in [6, 6.07) is -1.82. The lowest BCUT2D eigenvalue weighted by Gasteiger charge is -2.51. The van der Waals surface area contributed by atoms with Crippen molar-refractivity contribution in [2.45, 2.75) is 273 Å². The molecule has 0 bridgehead atoms. The third kappa shape index (κ3) is 30.6. The highest BCUT2D eigenvalue weighted by atomic mass is 32.2. The first kappa shape index (κ1) is 117. The van der Waals surface area contributed by atoms with Crippen LogP contribution >= 0.6 is 23.5 Å². The van der Waals surface area contributed by atoms with Gasteiger partial charge in [-0.1, -0.05) is 12.2 Å². The molecular weight excluding hydrogens is 1830 g/mol. The van der Waals surface area contributed by atoms with E-state index in [4.69, 9.17) is 156 Å². The summed E-state index contributed by atoms with van der Waals surface area (Å²) in [4.78, 5) is 53.7. The Labute approximate surface area is 803 Å². The second-order valence-corrected chi connectivity index (χ2v) is 36.5. The predicted octanol–water partition coefficient (Wildman–Crippen LogP) is -0.0204. The molecule has 0 aromatic carbocycles. The van der Waals surface area contributed by atoms with Gasteiger partial charge in [0, 0.05) is 230 Å². The first-order valence-electron chi connectivity index (χ1n) is 45.9. The number of ketones is 2. The Morgan fingerprint density at radius 3 is 0.874 bits per heavy atom. The maximum absolute atomic E-state index is 13.7. The van der Waals surface area contributed by atoms with E-state index in [2.05, 4.69) is 21.3 Å². The number of Topliss-reactive ketones (excluding diaryl/α,β-unsaturated/α-hetero) is 2. The zero-order valence-electron chi connectivity index (χ0n) is 83.1. The van der Waals surface area contributed by atoms with Crippen LogP contribution in [0.3, 0.4) is 0 Å². The second kappa shape index (κ2) is 61.3. The molecule has 784 valence electrons. The SMILES string of the molecule is COCC1=C[C@@H](N[C@H]2C(C)O[C@@H](O[C@H]3C(COC)O[C@@H](O[C@H]4C(COC)O[C@@H](NC(=O)CCC(=O)CCSCCOCCSCCC(=O)CCC(=O)N[C@@H]5OC(COC)[C@H](O[C@@H]6OC(COC)[C@H](O[C@@H]7OC(C)[C@H](N[C@@H]8C=C(COC)[C@H](CO)[C@@H](OC)C8OC)[C@@H](OC)C7OC)[C@@H](OC)C6OC)[C@@H](OC)C5OC)C(OC)[C@@H]4OC)C(OC)[C@@H]3OC)C(OC)[C@@H]2OC)C(OC)[C@H](OC)[C@H]1CO. The monoisotopic (exact) mass is 1980 g/mol. The minimum atomic E-state index is -1.17. The summed E-state index contributed by atoms with van der Waals surface area (Å²) in [5.41, 5.74) is 1.71. The molecule has 6 aliphatic heterocycles. The minimum absolute atomic E-state index is 0.00650. The van der Waals surface area contributed by atoms with Crippen LogP contribution < -0.4 is 21.3 Å². The van der Waals surface area contributed by atoms with Crippen LogP contribution in [0.4, 0.5) is 0 Å². The van der Waals surface area contributed by atoms with Crippen LogP contribution in [0.25, 0.3) is 0 Å². The Balaban J connectivity index is 0.735. The molecular formula is C90H158N4O39S2. The fraction of sp³-hybridized carbons (Fsp3) is 0.911. The summed E-state index contributed by atoms with van der Waals surface area (Å²) in [5, 5.41) is 34.0. The maximum Gasteiger partial charge on any atom is 0.222 e. The third-order valence-corrected chi connectivity index (χ3v) is 28.1. The summed E-state index contributed by atoms with van der Waals surface area (Å²) < 4.78 is 205. The fourth-order valence-electron chi connectivity index (χ4n) is 19.6. The van der Waals surface area contributed by atoms with Crippen LogP contribution in [0.2, 0.25) is 0 Å². The number of nitrogens with one attached hydrogen (secondary N) is 4. The molecule has 0 saturated carbocycles. The Hall–Kier alpha value is -3.02. The molecule has 14 unspecified atom stereocenters. The molecule has 0 radical (unpaired) electrons. The minimum Gasteiger partial charge on any atom is -0.396 e. The van der Waals surface area contributed by atoms with Gasteiger partial charge in [-0.2, -0.15) is 23.5 Å². The quantitative estimate of drug-likeness (QED) is 0.0344. The maximum atomic E-state index is 13.7. The van der Waals surface area contributed by atoms with Gasteiger partial charge in [-0.15, -0.1) is 0 Å². The van der Waals surface area contributed by atoms with Gasteiger partial charge in [0.2, 0.25) is 11.8 Å². The lowest BCUT2D eigenvalue weighted by atomic mass is 9.80. The fourth-order valence-corrected chi connectivity index (χ4v) is 21.2. The molecule has 2 amide bonds. The topological polar surface area (TPSA) is 461 Å². The standard InChI is InChI=1S/C90H158N4O39S2/c1-47-63(91-55-37-49(41-101-3)53(39-95)65(107-9)67(55)109-11)73(111-13)81(119-21)87(124-47)130-71-59(45-105-7)128-89(83(121-23)77(71)115-17)132-69-57(43-103-5)126-85(79(117-19)75(69)113-15)93-61(99)27-25-51(97)29-33-134-35-31-123-32-36-135-34-30-52(98)26-28-62(100)94-86-80(118-20)76(114-16)70(58(127-86)44-104-6)133-90-84(122-24)78(116-18)72(60(129-90)46-106-8)131-88-82(120-22)74(112-14)64(48(2)125-88)92-56-38-50(42-102-4)54(40-96)66(108-10)68(56)110-12/h37-38,47-48,53-60,63-92,95-96H,25-36,39-46H2,1-24H3,(H,93,99)(H,94,100)/t47?,48?,53-,54-,55+,56+,57?,58?,59?,60?,63-,64-,65+,66+,67?,68?,69-,70-,71-,72-,73+,74+,75+,76+,77+,78+,79?,80?,81?,82?,83?,84?,85+,86+,87-,88-,89-,90-/m0/s1. The lowest BCUT2D eigenvalue weighted by Crippen LogP contribution is -2.69. The number of ether oxygens (including phenoxy) is 33. The highest BCUT2D eigenvalue weighted by Gasteiger charge is 2.60. The van der Waals surface area contributed by atoms with Crippen LogP contribution in [0.5, 0.6) is 0 Å². The number of hydrogen-bond donors (Lipinski definition) is 6. The number of amides is 2. The molecule has 0 spiro atoms. The summed E-state index contributed by atoms with van der Waals surface area (Å²) >= 11 is 3.12. The van der Waals surface area contributed by atoms with Crippen LogP contribution in [-0.4, -0.2) is 500 Å². The van der Waals surface area contributed by atoms with Gasteiger partial charge in [0.25, 0.3) is 0 Å². The number of carbonyl (C=O) groups excluding carboxylic acids is 4. The van der Waals surface area contributed by atoms with Crippen molar-refractivity contribution in [3.8, 4) is 0 Å². The third-order valence-electron chi connectivity index (χ3n) is 26.2. The molecule has 43 nitrogen and oxygen atoms in total. The van der Waals surface area contributed by atoms with Crippen molar-refractivity contribution in [3.05, 3.63) is 23.3 Å².